The van der Waals surface area contributed by atoms with Crippen molar-refractivity contribution < 1.29 is 14.1 Å². The average molecular weight is 270 g/mol. The molecule has 1 amide bonds. The van der Waals surface area contributed by atoms with Crippen molar-refractivity contribution in [2.75, 3.05) is 17.7 Å². The van der Waals surface area contributed by atoms with Crippen LogP contribution in [-0.2, 0) is 10.8 Å². The van der Waals surface area contributed by atoms with Gasteiger partial charge in [-0.15, -0.1) is 0 Å². The van der Waals surface area contributed by atoms with E-state index < -0.39 is 10.8 Å². The number of nitrogens with one attached hydrogen (secondary N) is 1. The predicted molar refractivity (Wildman–Crippen MR) is 73.0 cm³/mol. The number of hydrogen-bond acceptors (Lipinski definition) is 4. The second-order valence-corrected chi connectivity index (χ2v) is 5.74. The van der Waals surface area contributed by atoms with E-state index in [-0.39, 0.29) is 28.9 Å². The van der Waals surface area contributed by atoms with Crippen LogP contribution in [-0.4, -0.2) is 33.3 Å². The van der Waals surface area contributed by atoms with Crippen LogP contribution in [0.15, 0.2) is 18.2 Å². The Balaban J connectivity index is 2.65. The van der Waals surface area contributed by atoms with E-state index in [4.69, 9.17) is 5.73 Å². The molecule has 1 aromatic rings. The smallest absolute Gasteiger partial charge is 0.255 e. The van der Waals surface area contributed by atoms with Crippen molar-refractivity contribution >= 4 is 22.4 Å². The van der Waals surface area contributed by atoms with Gasteiger partial charge in [0, 0.05) is 28.9 Å². The minimum Gasteiger partial charge on any atom is -0.505 e. The van der Waals surface area contributed by atoms with Crippen LogP contribution in [0.5, 0.6) is 5.75 Å². The van der Waals surface area contributed by atoms with Crippen molar-refractivity contribution in [1.29, 1.82) is 0 Å². The molecule has 0 fully saturated rings. The van der Waals surface area contributed by atoms with E-state index in [1.54, 1.807) is 12.3 Å². The third-order valence-electron chi connectivity index (χ3n) is 2.53. The van der Waals surface area contributed by atoms with E-state index in [0.717, 1.165) is 0 Å². The summed E-state index contributed by atoms with van der Waals surface area (Å²) in [5.41, 5.74) is 5.84. The Morgan fingerprint density at radius 1 is 1.56 bits per heavy atom. The molecule has 0 radical (unpaired) electrons. The zero-order chi connectivity index (χ0) is 13.7. The highest BCUT2D eigenvalue weighted by atomic mass is 32.2. The maximum Gasteiger partial charge on any atom is 0.255 e. The standard InChI is InChI=1S/C12H18N2O3S/c1-8(6-7-18(2)17)14-12(16)9-4-3-5-10(13)11(9)15/h3-5,8,15H,6-7,13H2,1-2H3,(H,14,16). The van der Waals surface area contributed by atoms with E-state index in [9.17, 15) is 14.1 Å². The molecule has 0 aliphatic carbocycles. The highest BCUT2D eigenvalue weighted by Crippen LogP contribution is 2.24. The third kappa shape index (κ3) is 4.03. The number of nitrogens with two attached hydrogens (primary N) is 1. The molecule has 0 bridgehead atoms. The molecule has 1 aromatic carbocycles. The number of nitrogen functional groups attached to an aromatic ring is 1. The highest BCUT2D eigenvalue weighted by molar-refractivity contribution is 7.84. The molecule has 4 N–H and O–H groups in total. The molecule has 5 nitrogen and oxygen atoms in total. The molecule has 1 rings (SSSR count). The second-order valence-electron chi connectivity index (χ2n) is 4.18. The van der Waals surface area contributed by atoms with Gasteiger partial charge in [0.2, 0.25) is 0 Å². The number of carbonyl (C=O) groups is 1. The zero-order valence-electron chi connectivity index (χ0n) is 10.5. The van der Waals surface area contributed by atoms with Crippen LogP contribution in [0.4, 0.5) is 5.69 Å². The van der Waals surface area contributed by atoms with Gasteiger partial charge in [-0.2, -0.15) is 0 Å². The summed E-state index contributed by atoms with van der Waals surface area (Å²) in [6, 6.07) is 4.53. The van der Waals surface area contributed by atoms with Crippen LogP contribution in [0.2, 0.25) is 0 Å². The lowest BCUT2D eigenvalue weighted by molar-refractivity contribution is 0.0937. The van der Waals surface area contributed by atoms with E-state index >= 15 is 0 Å². The van der Waals surface area contributed by atoms with E-state index in [2.05, 4.69) is 5.32 Å². The van der Waals surface area contributed by atoms with Crippen LogP contribution in [0.1, 0.15) is 23.7 Å². The molecular weight excluding hydrogens is 252 g/mol. The van der Waals surface area contributed by atoms with Gasteiger partial charge in [0.1, 0.15) is 0 Å². The lowest BCUT2D eigenvalue weighted by Gasteiger charge is -2.14. The average Bonchev–Trinajstić information content (AvgIpc) is 2.30. The Kier molecular flexibility index (Phi) is 5.15. The fourth-order valence-electron chi connectivity index (χ4n) is 1.46. The van der Waals surface area contributed by atoms with Crippen molar-refractivity contribution in [2.24, 2.45) is 0 Å². The summed E-state index contributed by atoms with van der Waals surface area (Å²) >= 11 is 0. The van der Waals surface area contributed by atoms with Crippen molar-refractivity contribution in [1.82, 2.24) is 5.32 Å². The Morgan fingerprint density at radius 2 is 2.22 bits per heavy atom. The van der Waals surface area contributed by atoms with Gasteiger partial charge in [-0.05, 0) is 25.5 Å². The van der Waals surface area contributed by atoms with Crippen LogP contribution in [0.25, 0.3) is 0 Å². The van der Waals surface area contributed by atoms with Gasteiger partial charge in [0.05, 0.1) is 11.3 Å². The lowest BCUT2D eigenvalue weighted by Crippen LogP contribution is -2.33. The fraction of sp³-hybridized carbons (Fsp3) is 0.417. The number of para-hydroxylation sites is 1. The quantitative estimate of drug-likeness (QED) is 0.546. The molecule has 0 aliphatic heterocycles. The number of hydrogen-bond donors (Lipinski definition) is 3. The molecule has 0 aromatic heterocycles. The number of aromatic hydroxyl groups is 1. The zero-order valence-corrected chi connectivity index (χ0v) is 11.3. The molecule has 0 saturated heterocycles. The molecular formula is C12H18N2O3S. The SMILES string of the molecule is CC(CCS(C)=O)NC(=O)c1cccc(N)c1O. The van der Waals surface area contributed by atoms with Crippen LogP contribution in [0.3, 0.4) is 0 Å². The Bertz CT molecular complexity index is 463. The number of carbonyl (C=O) groups excluding carboxylic acids is 1. The Morgan fingerprint density at radius 3 is 2.83 bits per heavy atom. The normalized spacial score (nSPS) is 13.9. The minimum atomic E-state index is -0.874. The van der Waals surface area contributed by atoms with E-state index in [0.29, 0.717) is 12.2 Å². The third-order valence-corrected chi connectivity index (χ3v) is 3.34. The molecule has 6 heteroatoms. The molecule has 0 heterocycles. The number of rotatable bonds is 5. The predicted octanol–water partition coefficient (Wildman–Crippen LogP) is 0.861. The van der Waals surface area contributed by atoms with E-state index in [1.807, 2.05) is 6.92 Å². The van der Waals surface area contributed by atoms with Crippen molar-refractivity contribution in [3.05, 3.63) is 23.8 Å². The number of phenols is 1. The largest absolute Gasteiger partial charge is 0.505 e. The van der Waals surface area contributed by atoms with Crippen molar-refractivity contribution in [3.63, 3.8) is 0 Å². The first-order valence-electron chi connectivity index (χ1n) is 5.60. The van der Waals surface area contributed by atoms with Gasteiger partial charge in [-0.1, -0.05) is 6.07 Å². The number of amides is 1. The van der Waals surface area contributed by atoms with Gasteiger partial charge in [-0.3, -0.25) is 9.00 Å². The summed E-state index contributed by atoms with van der Waals surface area (Å²) < 4.78 is 10.9. The van der Waals surface area contributed by atoms with Crippen LogP contribution >= 0.6 is 0 Å². The highest BCUT2D eigenvalue weighted by Gasteiger charge is 2.15. The van der Waals surface area contributed by atoms with Gasteiger partial charge in [0.15, 0.2) is 5.75 Å². The lowest BCUT2D eigenvalue weighted by atomic mass is 10.1. The molecule has 0 aliphatic rings. The van der Waals surface area contributed by atoms with Crippen LogP contribution < -0.4 is 11.1 Å². The molecule has 0 saturated carbocycles. The monoisotopic (exact) mass is 270 g/mol. The molecule has 100 valence electrons. The first-order chi connectivity index (χ1) is 8.41. The van der Waals surface area contributed by atoms with Crippen LogP contribution in [0, 0.1) is 0 Å². The van der Waals surface area contributed by atoms with Crippen molar-refractivity contribution in [2.45, 2.75) is 19.4 Å². The van der Waals surface area contributed by atoms with Gasteiger partial charge in [0.25, 0.3) is 5.91 Å². The molecule has 2 atom stereocenters. The first kappa shape index (κ1) is 14.5. The number of anilines is 1. The first-order valence-corrected chi connectivity index (χ1v) is 7.33. The summed E-state index contributed by atoms with van der Waals surface area (Å²) in [5.74, 6) is -0.0554. The van der Waals surface area contributed by atoms with Gasteiger partial charge in [-0.25, -0.2) is 0 Å². The molecule has 2 unspecified atom stereocenters. The summed E-state index contributed by atoms with van der Waals surface area (Å²) in [4.78, 5) is 11.9. The Labute approximate surface area is 109 Å². The topological polar surface area (TPSA) is 92.4 Å². The number of phenolic OH excluding ortho intramolecular Hbond substituents is 1. The molecule has 0 spiro atoms. The Hall–Kier alpha value is -1.56. The van der Waals surface area contributed by atoms with Crippen molar-refractivity contribution in [3.8, 4) is 5.75 Å². The maximum atomic E-state index is 11.9. The fourth-order valence-corrected chi connectivity index (χ4v) is 2.15. The molecule has 18 heavy (non-hydrogen) atoms. The summed E-state index contributed by atoms with van der Waals surface area (Å²) in [5, 5.41) is 12.4. The van der Waals surface area contributed by atoms with Gasteiger partial charge >= 0.3 is 0 Å². The second kappa shape index (κ2) is 6.39. The summed E-state index contributed by atoms with van der Waals surface area (Å²) in [6.45, 7) is 1.83. The summed E-state index contributed by atoms with van der Waals surface area (Å²) in [7, 11) is -0.874. The van der Waals surface area contributed by atoms with E-state index in [1.165, 1.54) is 12.1 Å². The summed E-state index contributed by atoms with van der Waals surface area (Å²) in [6.07, 6.45) is 2.25. The van der Waals surface area contributed by atoms with Gasteiger partial charge < -0.3 is 16.2 Å². The number of benzene rings is 1. The minimum absolute atomic E-state index is 0.109. The maximum absolute atomic E-state index is 11.9.